The van der Waals surface area contributed by atoms with Crippen LogP contribution in [-0.4, -0.2) is 0 Å². The largest absolute Gasteiger partial charge is 0.0732 e. The van der Waals surface area contributed by atoms with Crippen LogP contribution in [0.2, 0.25) is 0 Å². The Morgan fingerprint density at radius 1 is 1.14 bits per heavy atom. The van der Waals surface area contributed by atoms with Crippen molar-refractivity contribution in [2.24, 2.45) is 5.92 Å². The van der Waals surface area contributed by atoms with Crippen LogP contribution < -0.4 is 0 Å². The molecule has 0 aromatic carbocycles. The molecule has 0 unspecified atom stereocenters. The lowest BCUT2D eigenvalue weighted by Gasteiger charge is -1.88. The second-order valence-corrected chi connectivity index (χ2v) is 1.96. The van der Waals surface area contributed by atoms with E-state index in [-0.39, 0.29) is 0 Å². The smallest absolute Gasteiger partial charge is 0.0142 e. The van der Waals surface area contributed by atoms with Crippen molar-refractivity contribution in [2.75, 3.05) is 0 Å². The lowest BCUT2D eigenvalue weighted by atomic mass is 10.2. The van der Waals surface area contributed by atoms with E-state index in [1.54, 1.807) is 0 Å². The Morgan fingerprint density at radius 3 is 2.00 bits per heavy atom. The number of fused-ring (bicyclic) bond motifs is 1. The maximum Gasteiger partial charge on any atom is 0.0142 e. The minimum absolute atomic E-state index is 0.648. The fourth-order valence-corrected chi connectivity index (χ4v) is 1.01. The van der Waals surface area contributed by atoms with Gasteiger partial charge >= 0.3 is 0 Å². The van der Waals surface area contributed by atoms with E-state index in [2.05, 4.69) is 30.4 Å². The maximum atomic E-state index is 2.25. The maximum absolute atomic E-state index is 2.25. The topological polar surface area (TPSA) is 0 Å². The molecule has 0 heteroatoms. The third kappa shape index (κ3) is 0.310. The van der Waals surface area contributed by atoms with Crippen LogP contribution in [-0.2, 0) is 0 Å². The third-order valence-electron chi connectivity index (χ3n) is 1.41. The van der Waals surface area contributed by atoms with E-state index in [1.807, 2.05) is 0 Å². The summed E-state index contributed by atoms with van der Waals surface area (Å²) >= 11 is 0. The normalized spacial score (nSPS) is 24.3. The van der Waals surface area contributed by atoms with E-state index in [0.717, 1.165) is 0 Å². The molecule has 0 saturated carbocycles. The highest BCUT2D eigenvalue weighted by Gasteiger charge is 2.08. The van der Waals surface area contributed by atoms with Crippen molar-refractivity contribution in [2.45, 2.75) is 0 Å². The molecule has 0 N–H and O–H groups in total. The van der Waals surface area contributed by atoms with Crippen LogP contribution in [0.1, 0.15) is 0 Å². The zero-order chi connectivity index (χ0) is 4.69. The molecule has 2 aliphatic carbocycles. The third-order valence-corrected chi connectivity index (χ3v) is 1.41. The van der Waals surface area contributed by atoms with Crippen molar-refractivity contribution in [1.82, 2.24) is 0 Å². The van der Waals surface area contributed by atoms with Gasteiger partial charge in [0, 0.05) is 5.92 Å². The molecule has 34 valence electrons. The van der Waals surface area contributed by atoms with Crippen LogP contribution in [0.3, 0.4) is 0 Å². The van der Waals surface area contributed by atoms with Gasteiger partial charge in [-0.3, -0.25) is 0 Å². The highest BCUT2D eigenvalue weighted by atomic mass is 14.1. The standard InChI is InChI=1S/C7H6/c1-2-7-4-3-6(1)5-7/h1-6H. The van der Waals surface area contributed by atoms with E-state index in [4.69, 9.17) is 0 Å². The Balaban J connectivity index is 2.56. The van der Waals surface area contributed by atoms with Crippen molar-refractivity contribution in [3.63, 3.8) is 0 Å². The van der Waals surface area contributed by atoms with E-state index >= 15 is 0 Å². The zero-order valence-corrected chi connectivity index (χ0v) is 3.96. The lowest BCUT2D eigenvalue weighted by molar-refractivity contribution is 1.11. The van der Waals surface area contributed by atoms with Gasteiger partial charge in [0.25, 0.3) is 0 Å². The fraction of sp³-hybridized carbons (Fsp3) is 0.143. The van der Waals surface area contributed by atoms with E-state index in [0.29, 0.717) is 5.92 Å². The molecule has 0 nitrogen and oxygen atoms in total. The van der Waals surface area contributed by atoms with Gasteiger partial charge in [0.05, 0.1) is 0 Å². The first-order chi connectivity index (χ1) is 3.45. The highest BCUT2D eigenvalue weighted by molar-refractivity contribution is 5.45. The Kier molecular flexibility index (Phi) is 0.413. The molecule has 2 rings (SSSR count). The average molecular weight is 90.1 g/mol. The summed E-state index contributed by atoms with van der Waals surface area (Å²) in [7, 11) is 0. The molecule has 0 aliphatic heterocycles. The molecular formula is C7H6. The molecule has 0 spiro atoms. The SMILES string of the molecule is C1=CC2C=CC1=C2. The summed E-state index contributed by atoms with van der Waals surface area (Å²) in [6.07, 6.45) is 11.0. The zero-order valence-electron chi connectivity index (χ0n) is 3.96. The molecule has 2 bridgehead atoms. The summed E-state index contributed by atoms with van der Waals surface area (Å²) in [6.45, 7) is 0. The van der Waals surface area contributed by atoms with Crippen LogP contribution in [0.5, 0.6) is 0 Å². The number of allylic oxidation sites excluding steroid dienone is 6. The average Bonchev–Trinajstić information content (AvgIpc) is 2.22. The second-order valence-electron chi connectivity index (χ2n) is 1.96. The van der Waals surface area contributed by atoms with Crippen LogP contribution in [0.4, 0.5) is 0 Å². The van der Waals surface area contributed by atoms with Crippen molar-refractivity contribution in [3.05, 3.63) is 36.0 Å². The van der Waals surface area contributed by atoms with Crippen LogP contribution >= 0.6 is 0 Å². The molecule has 0 radical (unpaired) electrons. The Hall–Kier alpha value is -0.780. The van der Waals surface area contributed by atoms with Gasteiger partial charge in [-0.25, -0.2) is 0 Å². The summed E-state index contributed by atoms with van der Waals surface area (Å²) in [5.74, 6) is 0.648. The molecule has 0 aromatic rings. The van der Waals surface area contributed by atoms with Gasteiger partial charge in [0.2, 0.25) is 0 Å². The lowest BCUT2D eigenvalue weighted by Crippen LogP contribution is -1.75. The Morgan fingerprint density at radius 2 is 1.86 bits per heavy atom. The van der Waals surface area contributed by atoms with Gasteiger partial charge in [-0.2, -0.15) is 0 Å². The van der Waals surface area contributed by atoms with Crippen molar-refractivity contribution in [3.8, 4) is 0 Å². The fourth-order valence-electron chi connectivity index (χ4n) is 1.01. The molecule has 0 amide bonds. The van der Waals surface area contributed by atoms with Crippen molar-refractivity contribution in [1.29, 1.82) is 0 Å². The van der Waals surface area contributed by atoms with E-state index < -0.39 is 0 Å². The van der Waals surface area contributed by atoms with Gasteiger partial charge in [0.15, 0.2) is 0 Å². The molecule has 0 saturated heterocycles. The van der Waals surface area contributed by atoms with Crippen LogP contribution in [0, 0.1) is 5.92 Å². The summed E-state index contributed by atoms with van der Waals surface area (Å²) < 4.78 is 0. The van der Waals surface area contributed by atoms with Gasteiger partial charge in [-0.05, 0) is 5.57 Å². The predicted octanol–water partition coefficient (Wildman–Crippen LogP) is 1.67. The Bertz CT molecular complexity index is 154. The molecule has 0 fully saturated rings. The summed E-state index contributed by atoms with van der Waals surface area (Å²) in [4.78, 5) is 0. The predicted molar refractivity (Wildman–Crippen MR) is 29.9 cm³/mol. The van der Waals surface area contributed by atoms with Gasteiger partial charge in [-0.1, -0.05) is 30.4 Å². The van der Waals surface area contributed by atoms with E-state index in [9.17, 15) is 0 Å². The first-order valence-corrected chi connectivity index (χ1v) is 2.53. The molecular weight excluding hydrogens is 84.1 g/mol. The highest BCUT2D eigenvalue weighted by Crippen LogP contribution is 2.24. The first kappa shape index (κ1) is 3.25. The molecule has 0 atom stereocenters. The van der Waals surface area contributed by atoms with Crippen molar-refractivity contribution < 1.29 is 0 Å². The Labute approximate surface area is 42.8 Å². The quantitative estimate of drug-likeness (QED) is 0.424. The van der Waals surface area contributed by atoms with Gasteiger partial charge in [0.1, 0.15) is 0 Å². The monoisotopic (exact) mass is 90.0 g/mol. The molecule has 7 heavy (non-hydrogen) atoms. The second kappa shape index (κ2) is 0.890. The number of rotatable bonds is 0. The van der Waals surface area contributed by atoms with Gasteiger partial charge in [-0.15, -0.1) is 0 Å². The molecule has 0 aromatic heterocycles. The summed E-state index contributed by atoms with van der Waals surface area (Å²) in [5.41, 5.74) is 1.38. The molecule has 2 aliphatic rings. The summed E-state index contributed by atoms with van der Waals surface area (Å²) in [6, 6.07) is 0. The van der Waals surface area contributed by atoms with Crippen LogP contribution in [0.25, 0.3) is 0 Å². The summed E-state index contributed by atoms with van der Waals surface area (Å²) in [5, 5.41) is 0. The number of hydrogen-bond donors (Lipinski definition) is 0. The molecule has 0 heterocycles. The number of hydrogen-bond acceptors (Lipinski definition) is 0. The first-order valence-electron chi connectivity index (χ1n) is 2.53. The van der Waals surface area contributed by atoms with Crippen LogP contribution in [0.15, 0.2) is 36.0 Å². The van der Waals surface area contributed by atoms with E-state index in [1.165, 1.54) is 5.57 Å². The van der Waals surface area contributed by atoms with Crippen molar-refractivity contribution >= 4 is 0 Å². The van der Waals surface area contributed by atoms with Gasteiger partial charge < -0.3 is 0 Å². The minimum atomic E-state index is 0.648. The minimum Gasteiger partial charge on any atom is -0.0732 e.